The van der Waals surface area contributed by atoms with Crippen LogP contribution in [0.25, 0.3) is 0 Å². The van der Waals surface area contributed by atoms with Crippen molar-refractivity contribution in [1.29, 1.82) is 0 Å². The summed E-state index contributed by atoms with van der Waals surface area (Å²) in [4.78, 5) is 26.6. The molecule has 0 spiro atoms. The van der Waals surface area contributed by atoms with Crippen LogP contribution >= 0.6 is 0 Å². The molecule has 4 N–H and O–H groups in total. The van der Waals surface area contributed by atoms with E-state index in [1.54, 1.807) is 7.11 Å². The minimum absolute atomic E-state index is 0.0257. The SMILES string of the molecule is CCCCCCCC(=O)Nc1ccc(C(NC(N)=O)c2ccc(N(CC)CC)cc2C)cc1OC. The lowest BCUT2D eigenvalue weighted by Crippen LogP contribution is -2.34. The lowest BCUT2D eigenvalue weighted by Gasteiger charge is -2.25. The van der Waals surface area contributed by atoms with Crippen LogP contribution in [-0.2, 0) is 4.79 Å². The van der Waals surface area contributed by atoms with Gasteiger partial charge < -0.3 is 26.0 Å². The van der Waals surface area contributed by atoms with Crippen LogP contribution in [0.5, 0.6) is 5.75 Å². The molecule has 0 heterocycles. The molecular formula is C28H42N4O3. The van der Waals surface area contributed by atoms with Crippen molar-refractivity contribution in [2.24, 2.45) is 5.73 Å². The molecule has 2 aromatic rings. The van der Waals surface area contributed by atoms with Gasteiger partial charge in [-0.3, -0.25) is 4.79 Å². The summed E-state index contributed by atoms with van der Waals surface area (Å²) in [6.45, 7) is 10.3. The number of unbranched alkanes of at least 4 members (excludes halogenated alkanes) is 4. The molecule has 0 aromatic heterocycles. The Balaban J connectivity index is 2.26. The Labute approximate surface area is 210 Å². The van der Waals surface area contributed by atoms with Crippen LogP contribution < -0.4 is 26.0 Å². The second-order valence-electron chi connectivity index (χ2n) is 8.83. The molecule has 7 heteroatoms. The molecule has 7 nitrogen and oxygen atoms in total. The number of ether oxygens (including phenoxy) is 1. The van der Waals surface area contributed by atoms with Gasteiger partial charge in [-0.2, -0.15) is 0 Å². The van der Waals surface area contributed by atoms with Gasteiger partial charge in [-0.25, -0.2) is 4.79 Å². The van der Waals surface area contributed by atoms with E-state index < -0.39 is 12.1 Å². The van der Waals surface area contributed by atoms with Crippen LogP contribution in [0.4, 0.5) is 16.2 Å². The second-order valence-corrected chi connectivity index (χ2v) is 8.83. The highest BCUT2D eigenvalue weighted by Crippen LogP contribution is 2.33. The van der Waals surface area contributed by atoms with Gasteiger partial charge in [0.1, 0.15) is 5.75 Å². The molecule has 1 atom stereocenters. The largest absolute Gasteiger partial charge is 0.495 e. The van der Waals surface area contributed by atoms with E-state index in [-0.39, 0.29) is 5.91 Å². The van der Waals surface area contributed by atoms with E-state index in [0.29, 0.717) is 17.9 Å². The quantitative estimate of drug-likeness (QED) is 0.292. The van der Waals surface area contributed by atoms with Gasteiger partial charge in [0.05, 0.1) is 18.8 Å². The summed E-state index contributed by atoms with van der Waals surface area (Å²) in [6.07, 6.45) is 5.96. The molecule has 192 valence electrons. The zero-order valence-corrected chi connectivity index (χ0v) is 21.9. The van der Waals surface area contributed by atoms with E-state index in [1.807, 2.05) is 31.2 Å². The molecule has 0 radical (unpaired) electrons. The number of rotatable bonds is 14. The summed E-state index contributed by atoms with van der Waals surface area (Å²) in [5, 5.41) is 5.83. The number of hydrogen-bond acceptors (Lipinski definition) is 4. The summed E-state index contributed by atoms with van der Waals surface area (Å²) in [5.74, 6) is 0.512. The third kappa shape index (κ3) is 8.19. The molecule has 35 heavy (non-hydrogen) atoms. The van der Waals surface area contributed by atoms with Crippen molar-refractivity contribution < 1.29 is 14.3 Å². The number of carbonyl (C=O) groups excluding carboxylic acids is 2. The summed E-state index contributed by atoms with van der Waals surface area (Å²) in [7, 11) is 1.57. The molecule has 0 aliphatic rings. The maximum atomic E-state index is 12.4. The predicted octanol–water partition coefficient (Wildman–Crippen LogP) is 5.91. The molecular weight excluding hydrogens is 440 g/mol. The number of carbonyl (C=O) groups is 2. The van der Waals surface area contributed by atoms with Crippen molar-refractivity contribution >= 4 is 23.3 Å². The molecule has 0 saturated heterocycles. The number of nitrogens with one attached hydrogen (secondary N) is 2. The fourth-order valence-corrected chi connectivity index (χ4v) is 4.34. The first-order valence-electron chi connectivity index (χ1n) is 12.7. The smallest absolute Gasteiger partial charge is 0.312 e. The van der Waals surface area contributed by atoms with Crippen molar-refractivity contribution in [2.45, 2.75) is 72.3 Å². The predicted molar refractivity (Wildman–Crippen MR) is 144 cm³/mol. The first kappa shape index (κ1) is 28.0. The zero-order chi connectivity index (χ0) is 25.8. The maximum absolute atomic E-state index is 12.4. The van der Waals surface area contributed by atoms with Gasteiger partial charge in [0.15, 0.2) is 0 Å². The normalized spacial score (nSPS) is 11.6. The molecule has 2 aromatic carbocycles. The number of hydrogen-bond donors (Lipinski definition) is 3. The Morgan fingerprint density at radius 2 is 1.71 bits per heavy atom. The number of anilines is 2. The summed E-state index contributed by atoms with van der Waals surface area (Å²) in [5.41, 5.74) is 10.1. The second kappa shape index (κ2) is 14.2. The van der Waals surface area contributed by atoms with E-state index in [9.17, 15) is 9.59 Å². The van der Waals surface area contributed by atoms with Gasteiger partial charge in [-0.05, 0) is 68.1 Å². The number of primary amides is 1. The highest BCUT2D eigenvalue weighted by molar-refractivity contribution is 5.92. The first-order chi connectivity index (χ1) is 16.8. The molecule has 0 aliphatic heterocycles. The minimum Gasteiger partial charge on any atom is -0.495 e. The lowest BCUT2D eigenvalue weighted by molar-refractivity contribution is -0.116. The highest BCUT2D eigenvalue weighted by Gasteiger charge is 2.20. The molecule has 0 fully saturated rings. The van der Waals surface area contributed by atoms with Gasteiger partial charge in [0.2, 0.25) is 5.91 Å². The molecule has 0 aliphatic carbocycles. The van der Waals surface area contributed by atoms with Crippen molar-refractivity contribution in [2.75, 3.05) is 30.4 Å². The molecule has 1 unspecified atom stereocenters. The Hall–Kier alpha value is -3.22. The van der Waals surface area contributed by atoms with Gasteiger partial charge in [-0.1, -0.05) is 44.7 Å². The van der Waals surface area contributed by atoms with Gasteiger partial charge in [0, 0.05) is 25.2 Å². The fourth-order valence-electron chi connectivity index (χ4n) is 4.34. The van der Waals surface area contributed by atoms with E-state index >= 15 is 0 Å². The number of methoxy groups -OCH3 is 1. The summed E-state index contributed by atoms with van der Waals surface area (Å²) in [6, 6.07) is 10.7. The number of nitrogens with zero attached hydrogens (tertiary/aromatic N) is 1. The van der Waals surface area contributed by atoms with Gasteiger partial charge >= 0.3 is 6.03 Å². The van der Waals surface area contributed by atoms with Crippen molar-refractivity contribution in [1.82, 2.24) is 5.32 Å². The van der Waals surface area contributed by atoms with Crippen LogP contribution in [0.2, 0.25) is 0 Å². The molecule has 0 saturated carbocycles. The lowest BCUT2D eigenvalue weighted by atomic mass is 9.94. The number of nitrogens with two attached hydrogens (primary N) is 1. The Morgan fingerprint density at radius 3 is 2.31 bits per heavy atom. The number of amides is 3. The molecule has 3 amide bonds. The number of urea groups is 1. The zero-order valence-electron chi connectivity index (χ0n) is 21.9. The first-order valence-corrected chi connectivity index (χ1v) is 12.7. The minimum atomic E-state index is -0.610. The summed E-state index contributed by atoms with van der Waals surface area (Å²) >= 11 is 0. The van der Waals surface area contributed by atoms with Crippen LogP contribution in [0.3, 0.4) is 0 Å². The van der Waals surface area contributed by atoms with Gasteiger partial charge in [0.25, 0.3) is 0 Å². The summed E-state index contributed by atoms with van der Waals surface area (Å²) < 4.78 is 5.58. The van der Waals surface area contributed by atoms with E-state index in [4.69, 9.17) is 10.5 Å². The topological polar surface area (TPSA) is 96.7 Å². The third-order valence-electron chi connectivity index (χ3n) is 6.32. The Morgan fingerprint density at radius 1 is 1.00 bits per heavy atom. The Bertz CT molecular complexity index is 973. The molecule has 2 rings (SSSR count). The average molecular weight is 483 g/mol. The van der Waals surface area contributed by atoms with Crippen molar-refractivity contribution in [3.63, 3.8) is 0 Å². The van der Waals surface area contributed by atoms with E-state index in [0.717, 1.165) is 54.7 Å². The van der Waals surface area contributed by atoms with Crippen LogP contribution in [-0.4, -0.2) is 32.1 Å². The number of benzene rings is 2. The standard InChI is InChI=1S/C28H42N4O3/c1-6-9-10-11-12-13-26(33)30-24-17-14-21(19-25(24)35-5)27(31-28(29)34)23-16-15-22(18-20(23)4)32(7-2)8-3/h14-19,27H,6-13H2,1-5H3,(H,30,33)(H3,29,31,34). The van der Waals surface area contributed by atoms with E-state index in [1.165, 1.54) is 12.8 Å². The Kier molecular flexibility index (Phi) is 11.4. The number of aryl methyl sites for hydroxylation is 1. The van der Waals surface area contributed by atoms with Crippen molar-refractivity contribution in [3.8, 4) is 5.75 Å². The van der Waals surface area contributed by atoms with Crippen LogP contribution in [0, 0.1) is 6.92 Å². The monoisotopic (exact) mass is 482 g/mol. The fraction of sp³-hybridized carbons (Fsp3) is 0.500. The maximum Gasteiger partial charge on any atom is 0.312 e. The molecule has 0 bridgehead atoms. The van der Waals surface area contributed by atoms with Crippen molar-refractivity contribution in [3.05, 3.63) is 53.1 Å². The van der Waals surface area contributed by atoms with Crippen LogP contribution in [0.1, 0.15) is 82.0 Å². The average Bonchev–Trinajstić information content (AvgIpc) is 2.84. The third-order valence-corrected chi connectivity index (χ3v) is 6.32. The van der Waals surface area contributed by atoms with Crippen LogP contribution in [0.15, 0.2) is 36.4 Å². The highest BCUT2D eigenvalue weighted by atomic mass is 16.5. The van der Waals surface area contributed by atoms with Gasteiger partial charge in [-0.15, -0.1) is 0 Å². The van der Waals surface area contributed by atoms with E-state index in [2.05, 4.69) is 48.4 Å².